The molecule has 132 valence electrons. The van der Waals surface area contributed by atoms with Gasteiger partial charge in [0.15, 0.2) is 0 Å². The number of rotatable bonds is 6. The van der Waals surface area contributed by atoms with Crippen LogP contribution in [0, 0.1) is 23.2 Å². The molecule has 0 aliphatic heterocycles. The molecule has 4 rings (SSSR count). The monoisotopic (exact) mass is 351 g/mol. The Labute approximate surface area is 134 Å². The summed E-state index contributed by atoms with van der Waals surface area (Å²) in [7, 11) is -5.01. The normalized spacial score (nSPS) is 36.2. The molecule has 0 unspecified atom stereocenters. The number of alkyl halides is 2. The smallest absolute Gasteiger partial charge is 0.312 e. The Morgan fingerprint density at radius 1 is 1.13 bits per heavy atom. The fraction of sp³-hybridized carbons (Fsp3) is 0.933. The number of esters is 1. The van der Waals surface area contributed by atoms with Crippen LogP contribution < -0.4 is 0 Å². The zero-order chi connectivity index (χ0) is 16.9. The number of hydrogen-bond acceptors (Lipinski definition) is 5. The first kappa shape index (κ1) is 17.1. The lowest BCUT2D eigenvalue weighted by Gasteiger charge is -2.55. The van der Waals surface area contributed by atoms with Crippen molar-refractivity contribution in [2.24, 2.45) is 23.2 Å². The van der Waals surface area contributed by atoms with Crippen LogP contribution in [0.2, 0.25) is 0 Å². The molecule has 0 aromatic rings. The van der Waals surface area contributed by atoms with Gasteiger partial charge in [-0.2, -0.15) is 0 Å². The van der Waals surface area contributed by atoms with Gasteiger partial charge in [0, 0.05) is 6.42 Å². The largest absolute Gasteiger partial charge is 0.748 e. The van der Waals surface area contributed by atoms with Crippen molar-refractivity contribution in [3.05, 3.63) is 0 Å². The molecular formula is C15H21F2O5S-. The summed E-state index contributed by atoms with van der Waals surface area (Å²) in [6, 6.07) is 0. The maximum atomic E-state index is 13.4. The maximum Gasteiger partial charge on any atom is 0.312 e. The third-order valence-electron chi connectivity index (χ3n) is 5.56. The molecule has 0 aromatic heterocycles. The second-order valence-corrected chi connectivity index (χ2v) is 9.05. The predicted molar refractivity (Wildman–Crippen MR) is 75.7 cm³/mol. The summed E-state index contributed by atoms with van der Waals surface area (Å²) in [5.74, 6) is -4.21. The van der Waals surface area contributed by atoms with Crippen LogP contribution in [0.4, 0.5) is 8.78 Å². The Bertz CT molecular complexity index is 551. The van der Waals surface area contributed by atoms with E-state index in [0.29, 0.717) is 17.8 Å². The van der Waals surface area contributed by atoms with Crippen molar-refractivity contribution in [2.75, 3.05) is 12.4 Å². The van der Waals surface area contributed by atoms with Gasteiger partial charge in [0.1, 0.15) is 15.9 Å². The molecule has 8 heteroatoms. The first-order chi connectivity index (χ1) is 10.6. The van der Waals surface area contributed by atoms with Crippen LogP contribution in [0.25, 0.3) is 0 Å². The van der Waals surface area contributed by atoms with E-state index in [2.05, 4.69) is 0 Å². The SMILES string of the molecule is O=C(OCCC(F)(F)CS(=O)(=O)[O-])C12CC3CC(CC(C3)C1)C2. The standard InChI is InChI=1S/C15H22F2O5S/c16-15(17,9-23(19,20)21)1-2-22-13(18)14-6-10-3-11(7-14)5-12(4-10)8-14/h10-12H,1-9H2,(H,19,20,21)/p-1. The van der Waals surface area contributed by atoms with Crippen molar-refractivity contribution in [2.45, 2.75) is 50.9 Å². The van der Waals surface area contributed by atoms with Gasteiger partial charge in [-0.25, -0.2) is 17.2 Å². The minimum Gasteiger partial charge on any atom is -0.748 e. The Balaban J connectivity index is 1.54. The molecule has 0 atom stereocenters. The molecule has 0 saturated heterocycles. The molecule has 4 fully saturated rings. The average Bonchev–Trinajstić information content (AvgIpc) is 2.33. The lowest BCUT2D eigenvalue weighted by Crippen LogP contribution is -2.50. The third-order valence-corrected chi connectivity index (χ3v) is 6.34. The van der Waals surface area contributed by atoms with Gasteiger partial charge >= 0.3 is 5.97 Å². The molecule has 5 nitrogen and oxygen atoms in total. The Morgan fingerprint density at radius 3 is 2.04 bits per heavy atom. The average molecular weight is 351 g/mol. The highest BCUT2D eigenvalue weighted by atomic mass is 32.2. The van der Waals surface area contributed by atoms with Crippen LogP contribution in [-0.2, 0) is 19.6 Å². The first-order valence-electron chi connectivity index (χ1n) is 8.06. The van der Waals surface area contributed by atoms with E-state index in [4.69, 9.17) is 4.74 Å². The Morgan fingerprint density at radius 2 is 1.61 bits per heavy atom. The van der Waals surface area contributed by atoms with Crippen LogP contribution >= 0.6 is 0 Å². The first-order valence-corrected chi connectivity index (χ1v) is 9.63. The van der Waals surface area contributed by atoms with E-state index >= 15 is 0 Å². The molecule has 0 N–H and O–H groups in total. The lowest BCUT2D eigenvalue weighted by molar-refractivity contribution is -0.173. The highest BCUT2D eigenvalue weighted by Gasteiger charge is 2.55. The van der Waals surface area contributed by atoms with E-state index in [1.807, 2.05) is 0 Å². The second kappa shape index (κ2) is 5.65. The summed E-state index contributed by atoms with van der Waals surface area (Å²) in [5.41, 5.74) is -0.519. The lowest BCUT2D eigenvalue weighted by atomic mass is 9.49. The van der Waals surface area contributed by atoms with E-state index in [1.165, 1.54) is 0 Å². The molecule has 0 aromatic carbocycles. The van der Waals surface area contributed by atoms with Crippen molar-refractivity contribution in [3.63, 3.8) is 0 Å². The van der Waals surface area contributed by atoms with Gasteiger partial charge in [-0.1, -0.05) is 0 Å². The molecule has 23 heavy (non-hydrogen) atoms. The summed E-state index contributed by atoms with van der Waals surface area (Å²) < 4.78 is 63.1. The summed E-state index contributed by atoms with van der Waals surface area (Å²) in [6.07, 6.45) is 4.88. The van der Waals surface area contributed by atoms with Gasteiger partial charge in [-0.05, 0) is 56.3 Å². The van der Waals surface area contributed by atoms with E-state index in [1.54, 1.807) is 0 Å². The minimum atomic E-state index is -5.01. The van der Waals surface area contributed by atoms with Gasteiger partial charge in [0.05, 0.1) is 12.0 Å². The Hall–Kier alpha value is -0.760. The van der Waals surface area contributed by atoms with E-state index < -0.39 is 46.2 Å². The highest BCUT2D eigenvalue weighted by molar-refractivity contribution is 7.85. The minimum absolute atomic E-state index is 0.419. The van der Waals surface area contributed by atoms with Crippen LogP contribution in [0.15, 0.2) is 0 Å². The summed E-state index contributed by atoms with van der Waals surface area (Å²) >= 11 is 0. The molecular weight excluding hydrogens is 330 g/mol. The van der Waals surface area contributed by atoms with E-state index in [-0.39, 0.29) is 0 Å². The maximum absolute atomic E-state index is 13.4. The highest BCUT2D eigenvalue weighted by Crippen LogP contribution is 2.60. The van der Waals surface area contributed by atoms with Crippen LogP contribution in [-0.4, -0.2) is 37.2 Å². The van der Waals surface area contributed by atoms with Gasteiger partial charge in [-0.15, -0.1) is 0 Å². The fourth-order valence-corrected chi connectivity index (χ4v) is 5.80. The molecule has 4 aliphatic carbocycles. The van der Waals surface area contributed by atoms with Crippen LogP contribution in [0.1, 0.15) is 44.9 Å². The molecule has 0 radical (unpaired) electrons. The van der Waals surface area contributed by atoms with Crippen molar-refractivity contribution in [1.29, 1.82) is 0 Å². The number of carbonyl (C=O) groups excluding carboxylic acids is 1. The topological polar surface area (TPSA) is 83.5 Å². The molecule has 0 heterocycles. The van der Waals surface area contributed by atoms with Crippen LogP contribution in [0.5, 0.6) is 0 Å². The summed E-state index contributed by atoms with van der Waals surface area (Å²) in [5, 5.41) is 0. The van der Waals surface area contributed by atoms with Crippen molar-refractivity contribution in [1.82, 2.24) is 0 Å². The summed E-state index contributed by atoms with van der Waals surface area (Å²) in [4.78, 5) is 12.4. The number of ether oxygens (including phenoxy) is 1. The van der Waals surface area contributed by atoms with Gasteiger partial charge in [-0.3, -0.25) is 4.79 Å². The van der Waals surface area contributed by atoms with Gasteiger partial charge in [0.2, 0.25) is 0 Å². The van der Waals surface area contributed by atoms with Crippen LogP contribution in [0.3, 0.4) is 0 Å². The van der Waals surface area contributed by atoms with Crippen molar-refractivity contribution >= 4 is 16.1 Å². The zero-order valence-electron chi connectivity index (χ0n) is 12.8. The second-order valence-electron chi connectivity index (χ2n) is 7.64. The summed E-state index contributed by atoms with van der Waals surface area (Å²) in [6.45, 7) is -0.552. The van der Waals surface area contributed by atoms with Gasteiger partial charge < -0.3 is 9.29 Å². The quantitative estimate of drug-likeness (QED) is 0.542. The number of carbonyl (C=O) groups is 1. The van der Waals surface area contributed by atoms with Gasteiger partial charge in [0.25, 0.3) is 5.92 Å². The number of halogens is 2. The molecule has 4 bridgehead atoms. The Kier molecular flexibility index (Phi) is 4.20. The van der Waals surface area contributed by atoms with Crippen molar-refractivity contribution < 1.29 is 31.3 Å². The zero-order valence-corrected chi connectivity index (χ0v) is 13.6. The molecule has 4 saturated carbocycles. The number of hydrogen-bond donors (Lipinski definition) is 0. The van der Waals surface area contributed by atoms with E-state index in [9.17, 15) is 26.5 Å². The van der Waals surface area contributed by atoms with E-state index in [0.717, 1.165) is 38.5 Å². The third kappa shape index (κ3) is 3.84. The van der Waals surface area contributed by atoms with Crippen molar-refractivity contribution in [3.8, 4) is 0 Å². The molecule has 0 amide bonds. The molecule has 4 aliphatic rings. The predicted octanol–water partition coefficient (Wildman–Crippen LogP) is 2.32. The fourth-order valence-electron chi connectivity index (χ4n) is 5.14. The molecule has 0 spiro atoms.